The molecule has 1 aromatic heterocycles. The number of ether oxygens (including phenoxy) is 1. The van der Waals surface area contributed by atoms with Crippen molar-refractivity contribution in [3.8, 4) is 11.1 Å². The zero-order chi connectivity index (χ0) is 16.8. The Kier molecular flexibility index (Phi) is 7.44. The normalized spacial score (nSPS) is 16.0. The lowest BCUT2D eigenvalue weighted by molar-refractivity contribution is 0.0512. The summed E-state index contributed by atoms with van der Waals surface area (Å²) < 4.78 is 5.42. The smallest absolute Gasteiger partial charge is 0.262 e. The third-order valence-electron chi connectivity index (χ3n) is 4.69. The van der Waals surface area contributed by atoms with Crippen LogP contribution in [0.2, 0.25) is 0 Å². The Hall–Kier alpha value is -1.40. The molecule has 2 aromatic rings. The highest BCUT2D eigenvalue weighted by molar-refractivity contribution is 7.12. The predicted octanol–water partition coefficient (Wildman–Crippen LogP) is 3.58. The Morgan fingerprint density at radius 2 is 1.96 bits per heavy atom. The number of piperidine rings is 1. The van der Waals surface area contributed by atoms with E-state index >= 15 is 0 Å². The molecule has 1 aliphatic rings. The molecule has 6 heteroatoms. The van der Waals surface area contributed by atoms with E-state index in [0.717, 1.165) is 41.9 Å². The maximum atomic E-state index is 12.7. The average Bonchev–Trinajstić information content (AvgIpc) is 3.11. The molecular formula is C19H25ClN2O2S. The van der Waals surface area contributed by atoms with Crippen LogP contribution in [0.25, 0.3) is 11.1 Å². The number of hydrogen-bond donors (Lipinski definition) is 2. The van der Waals surface area contributed by atoms with Crippen molar-refractivity contribution in [1.82, 2.24) is 10.6 Å². The van der Waals surface area contributed by atoms with Crippen molar-refractivity contribution in [3.63, 3.8) is 0 Å². The predicted molar refractivity (Wildman–Crippen MR) is 106 cm³/mol. The van der Waals surface area contributed by atoms with Gasteiger partial charge in [0.25, 0.3) is 5.91 Å². The van der Waals surface area contributed by atoms with E-state index in [4.69, 9.17) is 4.74 Å². The van der Waals surface area contributed by atoms with Gasteiger partial charge in [-0.3, -0.25) is 4.79 Å². The quantitative estimate of drug-likeness (QED) is 0.805. The van der Waals surface area contributed by atoms with Gasteiger partial charge in [-0.05, 0) is 42.9 Å². The zero-order valence-corrected chi connectivity index (χ0v) is 16.1. The highest BCUT2D eigenvalue weighted by Crippen LogP contribution is 2.30. The van der Waals surface area contributed by atoms with Crippen LogP contribution in [0.15, 0.2) is 41.8 Å². The van der Waals surface area contributed by atoms with Gasteiger partial charge in [-0.25, -0.2) is 0 Å². The molecule has 0 radical (unpaired) electrons. The topological polar surface area (TPSA) is 50.4 Å². The number of hydrogen-bond acceptors (Lipinski definition) is 4. The lowest BCUT2D eigenvalue weighted by atomic mass is 9.79. The van der Waals surface area contributed by atoms with E-state index in [2.05, 4.69) is 10.6 Å². The SMILES string of the molecule is COCC1(CNC(=O)c2sccc2-c2ccccc2)CCNCC1.Cl. The lowest BCUT2D eigenvalue weighted by Gasteiger charge is -2.37. The van der Waals surface area contributed by atoms with Crippen LogP contribution >= 0.6 is 23.7 Å². The molecule has 3 rings (SSSR count). The van der Waals surface area contributed by atoms with Crippen LogP contribution in [-0.4, -0.2) is 39.3 Å². The minimum absolute atomic E-state index is 0. The van der Waals surface area contributed by atoms with Crippen LogP contribution in [0.5, 0.6) is 0 Å². The number of amides is 1. The van der Waals surface area contributed by atoms with Gasteiger partial charge >= 0.3 is 0 Å². The van der Waals surface area contributed by atoms with E-state index in [1.165, 1.54) is 11.3 Å². The van der Waals surface area contributed by atoms with Gasteiger partial charge in [0.15, 0.2) is 0 Å². The third kappa shape index (κ3) is 4.82. The summed E-state index contributed by atoms with van der Waals surface area (Å²) in [6, 6.07) is 12.1. The highest BCUT2D eigenvalue weighted by Gasteiger charge is 2.32. The minimum Gasteiger partial charge on any atom is -0.384 e. The first-order valence-corrected chi connectivity index (χ1v) is 9.23. The van der Waals surface area contributed by atoms with E-state index in [1.54, 1.807) is 7.11 Å². The summed E-state index contributed by atoms with van der Waals surface area (Å²) in [5.74, 6) is 0.0119. The maximum Gasteiger partial charge on any atom is 0.262 e. The fraction of sp³-hybridized carbons (Fsp3) is 0.421. The largest absolute Gasteiger partial charge is 0.384 e. The highest BCUT2D eigenvalue weighted by atomic mass is 35.5. The van der Waals surface area contributed by atoms with Crippen LogP contribution in [0.4, 0.5) is 0 Å². The van der Waals surface area contributed by atoms with Gasteiger partial charge in [0.2, 0.25) is 0 Å². The summed E-state index contributed by atoms with van der Waals surface area (Å²) in [5, 5.41) is 8.51. The second kappa shape index (κ2) is 9.34. The first-order chi connectivity index (χ1) is 11.7. The summed E-state index contributed by atoms with van der Waals surface area (Å²) >= 11 is 1.50. The number of thiophene rings is 1. The zero-order valence-electron chi connectivity index (χ0n) is 14.4. The monoisotopic (exact) mass is 380 g/mol. The van der Waals surface area contributed by atoms with Gasteiger partial charge in [-0.15, -0.1) is 23.7 Å². The number of methoxy groups -OCH3 is 1. The molecule has 1 amide bonds. The first kappa shape index (κ1) is 19.9. The van der Waals surface area contributed by atoms with Gasteiger partial charge in [0.05, 0.1) is 11.5 Å². The molecule has 1 aromatic carbocycles. The molecule has 2 N–H and O–H groups in total. The summed E-state index contributed by atoms with van der Waals surface area (Å²) in [6.07, 6.45) is 2.05. The Labute approximate surface area is 159 Å². The summed E-state index contributed by atoms with van der Waals surface area (Å²) in [4.78, 5) is 13.5. The summed E-state index contributed by atoms with van der Waals surface area (Å²) in [5.41, 5.74) is 2.13. The van der Waals surface area contributed by atoms with Gasteiger partial charge in [-0.2, -0.15) is 0 Å². The van der Waals surface area contributed by atoms with E-state index in [9.17, 15) is 4.79 Å². The van der Waals surface area contributed by atoms with Crippen molar-refractivity contribution in [2.45, 2.75) is 12.8 Å². The van der Waals surface area contributed by atoms with Crippen LogP contribution in [0, 0.1) is 5.41 Å². The lowest BCUT2D eigenvalue weighted by Crippen LogP contribution is -2.47. The van der Waals surface area contributed by atoms with Gasteiger partial charge in [0.1, 0.15) is 0 Å². The van der Waals surface area contributed by atoms with E-state index in [1.807, 2.05) is 41.8 Å². The number of carbonyl (C=O) groups excluding carboxylic acids is 1. The van der Waals surface area contributed by atoms with Crippen molar-refractivity contribution in [1.29, 1.82) is 0 Å². The average molecular weight is 381 g/mol. The van der Waals surface area contributed by atoms with Crippen molar-refractivity contribution in [2.24, 2.45) is 5.41 Å². The minimum atomic E-state index is 0. The second-order valence-corrected chi connectivity index (χ2v) is 7.31. The molecule has 1 aliphatic heterocycles. The van der Waals surface area contributed by atoms with Crippen molar-refractivity contribution >= 4 is 29.7 Å². The third-order valence-corrected chi connectivity index (χ3v) is 5.61. The van der Waals surface area contributed by atoms with E-state index in [0.29, 0.717) is 13.2 Å². The van der Waals surface area contributed by atoms with Crippen molar-refractivity contribution in [2.75, 3.05) is 33.4 Å². The summed E-state index contributed by atoms with van der Waals surface area (Å²) in [6.45, 7) is 3.30. The molecule has 136 valence electrons. The van der Waals surface area contributed by atoms with Crippen LogP contribution in [-0.2, 0) is 4.74 Å². The van der Waals surface area contributed by atoms with Crippen molar-refractivity contribution < 1.29 is 9.53 Å². The molecule has 0 spiro atoms. The molecule has 0 bridgehead atoms. The standard InChI is InChI=1S/C19H24N2O2S.ClH/c1-23-14-19(8-10-20-11-9-19)13-21-18(22)17-16(7-12-24-17)15-5-3-2-4-6-15;/h2-7,12,20H,8-11,13-14H2,1H3,(H,21,22);1H. The van der Waals surface area contributed by atoms with Crippen LogP contribution < -0.4 is 10.6 Å². The van der Waals surface area contributed by atoms with Gasteiger partial charge in [-0.1, -0.05) is 30.3 Å². The summed E-state index contributed by atoms with van der Waals surface area (Å²) in [7, 11) is 1.73. The van der Waals surface area contributed by atoms with Crippen LogP contribution in [0.3, 0.4) is 0 Å². The fourth-order valence-corrected chi connectivity index (χ4v) is 4.15. The molecule has 0 saturated carbocycles. The van der Waals surface area contributed by atoms with Gasteiger partial charge in [0, 0.05) is 24.6 Å². The number of carbonyl (C=O) groups is 1. The van der Waals surface area contributed by atoms with E-state index < -0.39 is 0 Å². The second-order valence-electron chi connectivity index (χ2n) is 6.40. The van der Waals surface area contributed by atoms with Gasteiger partial charge < -0.3 is 15.4 Å². The number of rotatable bonds is 6. The molecule has 4 nitrogen and oxygen atoms in total. The Bertz CT molecular complexity index is 664. The molecule has 0 aliphatic carbocycles. The molecule has 0 unspecified atom stereocenters. The molecule has 1 saturated heterocycles. The van der Waals surface area contributed by atoms with Crippen LogP contribution in [0.1, 0.15) is 22.5 Å². The number of nitrogens with one attached hydrogen (secondary N) is 2. The fourth-order valence-electron chi connectivity index (χ4n) is 3.31. The Morgan fingerprint density at radius 3 is 2.64 bits per heavy atom. The van der Waals surface area contributed by atoms with E-state index in [-0.39, 0.29) is 23.7 Å². The Morgan fingerprint density at radius 1 is 1.24 bits per heavy atom. The molecule has 0 atom stereocenters. The number of benzene rings is 1. The Balaban J connectivity index is 0.00000225. The number of halogens is 1. The molecular weight excluding hydrogens is 356 g/mol. The molecule has 2 heterocycles. The van der Waals surface area contributed by atoms with Crippen molar-refractivity contribution in [3.05, 3.63) is 46.7 Å². The molecule has 25 heavy (non-hydrogen) atoms. The molecule has 1 fully saturated rings. The first-order valence-electron chi connectivity index (χ1n) is 8.35. The maximum absolute atomic E-state index is 12.7.